The maximum atomic E-state index is 13.4. The summed E-state index contributed by atoms with van der Waals surface area (Å²) in [5, 5.41) is 3.88. The minimum Gasteiger partial charge on any atom is -0.459 e. The second-order valence-corrected chi connectivity index (χ2v) is 9.70. The molecule has 32 heavy (non-hydrogen) atoms. The number of hydrogen-bond acceptors (Lipinski definition) is 5. The summed E-state index contributed by atoms with van der Waals surface area (Å²) < 4.78 is 33.9. The van der Waals surface area contributed by atoms with E-state index in [1.165, 1.54) is 10.5 Å². The highest BCUT2D eigenvalue weighted by Gasteiger charge is 2.26. The second kappa shape index (κ2) is 10.4. The van der Waals surface area contributed by atoms with Crippen molar-refractivity contribution in [1.29, 1.82) is 0 Å². The van der Waals surface area contributed by atoms with Gasteiger partial charge in [0.2, 0.25) is 15.9 Å². The van der Waals surface area contributed by atoms with Crippen LogP contribution in [0.2, 0.25) is 0 Å². The summed E-state index contributed by atoms with van der Waals surface area (Å²) >= 11 is 0. The van der Waals surface area contributed by atoms with E-state index in [4.69, 9.17) is 4.42 Å². The van der Waals surface area contributed by atoms with Crippen molar-refractivity contribution in [3.63, 3.8) is 0 Å². The summed E-state index contributed by atoms with van der Waals surface area (Å²) in [6.07, 6.45) is 1.39. The first kappa shape index (κ1) is 23.4. The van der Waals surface area contributed by atoms with Gasteiger partial charge in [0, 0.05) is 12.5 Å². The van der Waals surface area contributed by atoms with E-state index in [1.54, 1.807) is 50.2 Å². The summed E-state index contributed by atoms with van der Waals surface area (Å²) in [5.74, 6) is 0.494. The van der Waals surface area contributed by atoms with Crippen LogP contribution in [0.15, 0.2) is 81.1 Å². The maximum absolute atomic E-state index is 13.4. The molecule has 1 amide bonds. The number of carbonyl (C=O) groups is 1. The lowest BCUT2D eigenvalue weighted by atomic mass is 10.2. The molecule has 1 N–H and O–H groups in total. The van der Waals surface area contributed by atoms with Gasteiger partial charge >= 0.3 is 0 Å². The lowest BCUT2D eigenvalue weighted by Crippen LogP contribution is -2.30. The van der Waals surface area contributed by atoms with E-state index in [0.29, 0.717) is 11.5 Å². The van der Waals surface area contributed by atoms with Crippen LogP contribution >= 0.6 is 0 Å². The molecule has 0 saturated carbocycles. The summed E-state index contributed by atoms with van der Waals surface area (Å²) in [6.45, 7) is 5.70. The Labute approximate surface area is 188 Å². The zero-order chi connectivity index (χ0) is 23.1. The number of carbonyl (C=O) groups excluding carboxylic acids is 1. The number of nitrogens with one attached hydrogen (secondary N) is 1. The minimum absolute atomic E-state index is 0.0529. The van der Waals surface area contributed by atoms with Crippen molar-refractivity contribution in [3.8, 4) is 0 Å². The Hall–Kier alpha value is -3.23. The van der Waals surface area contributed by atoms with Gasteiger partial charge in [-0.3, -0.25) is 4.79 Å². The third-order valence-corrected chi connectivity index (χ3v) is 6.57. The van der Waals surface area contributed by atoms with Gasteiger partial charge in [-0.15, -0.1) is 0 Å². The summed E-state index contributed by atoms with van der Waals surface area (Å²) in [6, 6.07) is 19.6. The van der Waals surface area contributed by atoms with E-state index >= 15 is 0 Å². The first-order valence-electron chi connectivity index (χ1n) is 10.3. The largest absolute Gasteiger partial charge is 0.459 e. The normalized spacial score (nSPS) is 12.0. The van der Waals surface area contributed by atoms with Gasteiger partial charge in [0.25, 0.3) is 0 Å². The van der Waals surface area contributed by atoms with Crippen LogP contribution in [-0.2, 0) is 27.9 Å². The van der Waals surface area contributed by atoms with E-state index < -0.39 is 10.0 Å². The molecule has 1 aromatic heterocycles. The number of rotatable bonds is 9. The number of nitrogens with zero attached hydrogens (tertiary/aromatic N) is 2. The Kier molecular flexibility index (Phi) is 7.61. The van der Waals surface area contributed by atoms with Crippen LogP contribution in [0.3, 0.4) is 0 Å². The van der Waals surface area contributed by atoms with Crippen LogP contribution in [0.25, 0.3) is 0 Å². The fourth-order valence-electron chi connectivity index (χ4n) is 2.88. The van der Waals surface area contributed by atoms with Gasteiger partial charge in [-0.05, 0) is 36.8 Å². The molecule has 0 saturated heterocycles. The monoisotopic (exact) mass is 453 g/mol. The molecule has 0 unspecified atom stereocenters. The highest BCUT2D eigenvalue weighted by molar-refractivity contribution is 7.89. The summed E-state index contributed by atoms with van der Waals surface area (Å²) in [5.41, 5.74) is 4.28. The average molecular weight is 454 g/mol. The molecule has 3 aromatic rings. The van der Waals surface area contributed by atoms with Gasteiger partial charge in [0.05, 0.1) is 17.7 Å². The Bertz CT molecular complexity index is 1170. The molecule has 8 heteroatoms. The maximum Gasteiger partial charge on any atom is 0.243 e. The first-order chi connectivity index (χ1) is 15.3. The number of hydrazone groups is 1. The first-order valence-corrected chi connectivity index (χ1v) is 11.7. The van der Waals surface area contributed by atoms with Crippen molar-refractivity contribution < 1.29 is 17.6 Å². The van der Waals surface area contributed by atoms with E-state index in [1.807, 2.05) is 37.3 Å². The topological polar surface area (TPSA) is 92.0 Å². The second-order valence-electron chi connectivity index (χ2n) is 7.76. The smallest absolute Gasteiger partial charge is 0.243 e. The van der Waals surface area contributed by atoms with E-state index in [9.17, 15) is 13.2 Å². The average Bonchev–Trinajstić information content (AvgIpc) is 3.21. The predicted octanol–water partition coefficient (Wildman–Crippen LogP) is 4.09. The van der Waals surface area contributed by atoms with Gasteiger partial charge in [-0.25, -0.2) is 13.8 Å². The number of amides is 1. The molecule has 0 radical (unpaired) electrons. The Balaban J connectivity index is 1.82. The zero-order valence-corrected chi connectivity index (χ0v) is 19.2. The summed E-state index contributed by atoms with van der Waals surface area (Å²) in [4.78, 5) is 11.8. The van der Waals surface area contributed by atoms with Crippen molar-refractivity contribution in [2.24, 2.45) is 11.0 Å². The van der Waals surface area contributed by atoms with Gasteiger partial charge in [0.15, 0.2) is 0 Å². The fourth-order valence-corrected chi connectivity index (χ4v) is 4.28. The molecule has 0 fully saturated rings. The number of sulfonamides is 1. The van der Waals surface area contributed by atoms with Crippen molar-refractivity contribution in [2.75, 3.05) is 0 Å². The Morgan fingerprint density at radius 1 is 1.03 bits per heavy atom. The van der Waals surface area contributed by atoms with Crippen LogP contribution in [0.5, 0.6) is 0 Å². The lowest BCUT2D eigenvalue weighted by molar-refractivity contribution is -0.123. The van der Waals surface area contributed by atoms with Crippen LogP contribution in [-0.4, -0.2) is 24.8 Å². The van der Waals surface area contributed by atoms with E-state index in [0.717, 1.165) is 11.1 Å². The molecule has 1 heterocycles. The van der Waals surface area contributed by atoms with Gasteiger partial charge in [0.1, 0.15) is 11.5 Å². The number of benzene rings is 2. The Morgan fingerprint density at radius 2 is 1.72 bits per heavy atom. The van der Waals surface area contributed by atoms with Gasteiger partial charge in [-0.1, -0.05) is 61.9 Å². The van der Waals surface area contributed by atoms with Gasteiger partial charge in [-0.2, -0.15) is 9.41 Å². The van der Waals surface area contributed by atoms with Crippen LogP contribution in [0.1, 0.15) is 36.5 Å². The molecule has 2 aromatic carbocycles. The number of furan rings is 1. The molecule has 0 atom stereocenters. The quantitative estimate of drug-likeness (QED) is 0.390. The van der Waals surface area contributed by atoms with E-state index in [-0.39, 0.29) is 29.8 Å². The molecule has 0 aliphatic rings. The number of hydrogen-bond donors (Lipinski definition) is 1. The lowest BCUT2D eigenvalue weighted by Gasteiger charge is -2.21. The highest BCUT2D eigenvalue weighted by Crippen LogP contribution is 2.22. The Morgan fingerprint density at radius 3 is 2.38 bits per heavy atom. The molecular formula is C24H27N3O4S. The van der Waals surface area contributed by atoms with Crippen molar-refractivity contribution in [2.45, 2.75) is 38.8 Å². The standard InChI is InChI=1S/C24H27N3O4S/c1-18(2)24(28)26-25-15-21-11-12-22(31-21)17-27(16-20-7-5-4-6-8-20)32(29,30)23-13-9-19(3)10-14-23/h4-15,18H,16-17H2,1-3H3,(H,26,28)/b25-15-. The van der Waals surface area contributed by atoms with Crippen molar-refractivity contribution in [1.82, 2.24) is 9.73 Å². The predicted molar refractivity (Wildman–Crippen MR) is 123 cm³/mol. The number of aryl methyl sites for hydroxylation is 1. The SMILES string of the molecule is Cc1ccc(S(=O)(=O)N(Cc2ccccc2)Cc2ccc(/C=N\NC(=O)C(C)C)o2)cc1. The van der Waals surface area contributed by atoms with Crippen LogP contribution in [0.4, 0.5) is 0 Å². The third kappa shape index (κ3) is 6.15. The molecule has 168 valence electrons. The molecule has 3 rings (SSSR count). The zero-order valence-electron chi connectivity index (χ0n) is 18.4. The van der Waals surface area contributed by atoms with Crippen LogP contribution < -0.4 is 5.43 Å². The highest BCUT2D eigenvalue weighted by atomic mass is 32.2. The molecule has 0 bridgehead atoms. The van der Waals surface area contributed by atoms with Crippen molar-refractivity contribution in [3.05, 3.63) is 89.4 Å². The third-order valence-electron chi connectivity index (χ3n) is 4.77. The van der Waals surface area contributed by atoms with Gasteiger partial charge < -0.3 is 4.42 Å². The van der Waals surface area contributed by atoms with Crippen molar-refractivity contribution >= 4 is 22.1 Å². The molecule has 0 aliphatic heterocycles. The molecule has 0 spiro atoms. The fraction of sp³-hybridized carbons (Fsp3) is 0.250. The molecule has 0 aliphatic carbocycles. The minimum atomic E-state index is -3.76. The summed E-state index contributed by atoms with van der Waals surface area (Å²) in [7, 11) is -3.76. The molecule has 7 nitrogen and oxygen atoms in total. The van der Waals surface area contributed by atoms with Crippen LogP contribution in [0, 0.1) is 12.8 Å². The van der Waals surface area contributed by atoms with E-state index in [2.05, 4.69) is 10.5 Å². The molecular weight excluding hydrogens is 426 g/mol.